The molecule has 6 nitrogen and oxygen atoms in total. The summed E-state index contributed by atoms with van der Waals surface area (Å²) in [6, 6.07) is 0. The van der Waals surface area contributed by atoms with Gasteiger partial charge in [-0.25, -0.2) is 0 Å². The summed E-state index contributed by atoms with van der Waals surface area (Å²) in [6.45, 7) is 1.59. The van der Waals surface area contributed by atoms with Crippen LogP contribution in [-0.4, -0.2) is 30.0 Å². The van der Waals surface area contributed by atoms with Gasteiger partial charge in [-0.3, -0.25) is 4.68 Å². The number of aryl methyl sites for hydroxylation is 1. The molecule has 0 bridgehead atoms. The van der Waals surface area contributed by atoms with Gasteiger partial charge in [-0.1, -0.05) is 5.21 Å². The quantitative estimate of drug-likeness (QED) is 0.632. The number of nitrogens with zero attached hydrogens (tertiary/aromatic N) is 6. The fraction of sp³-hybridized carbons (Fsp3) is 0.375. The van der Waals surface area contributed by atoms with Gasteiger partial charge < -0.3 is 0 Å². The number of unbranched alkanes of at least 4 members (excludes halogenated alkanes) is 1. The molecule has 1 radical (unpaired) electrons. The fourth-order valence-electron chi connectivity index (χ4n) is 1.12. The van der Waals surface area contributed by atoms with E-state index < -0.39 is 0 Å². The van der Waals surface area contributed by atoms with Crippen LogP contribution >= 0.6 is 0 Å². The minimum atomic E-state index is 0.738. The van der Waals surface area contributed by atoms with Crippen molar-refractivity contribution >= 4 is 0 Å². The van der Waals surface area contributed by atoms with Gasteiger partial charge in [-0.05, 0) is 12.8 Å². The summed E-state index contributed by atoms with van der Waals surface area (Å²) < 4.78 is 1.80. The van der Waals surface area contributed by atoms with Crippen LogP contribution < -0.4 is 0 Å². The zero-order valence-corrected chi connectivity index (χ0v) is 7.69. The lowest BCUT2D eigenvalue weighted by molar-refractivity contribution is 0.530. The number of rotatable bonds is 5. The van der Waals surface area contributed by atoms with E-state index in [9.17, 15) is 0 Å². The summed E-state index contributed by atoms with van der Waals surface area (Å²) in [5.41, 5.74) is 0. The first-order valence-electron chi connectivity index (χ1n) is 4.45. The van der Waals surface area contributed by atoms with Crippen molar-refractivity contribution in [2.75, 3.05) is 0 Å². The molecule has 0 N–H and O–H groups in total. The summed E-state index contributed by atoms with van der Waals surface area (Å²) >= 11 is 0. The molecule has 0 spiro atoms. The summed E-state index contributed by atoms with van der Waals surface area (Å²) in [6.07, 6.45) is 9.91. The van der Waals surface area contributed by atoms with E-state index in [1.165, 1.54) is 0 Å². The van der Waals surface area contributed by atoms with Gasteiger partial charge in [0.2, 0.25) is 0 Å². The van der Waals surface area contributed by atoms with Crippen LogP contribution in [0.4, 0.5) is 0 Å². The molecule has 0 atom stereocenters. The van der Waals surface area contributed by atoms with Crippen molar-refractivity contribution in [3.8, 4) is 0 Å². The van der Waals surface area contributed by atoms with Crippen LogP contribution in [0.1, 0.15) is 6.42 Å². The molecular formula is C8H11N6. The van der Waals surface area contributed by atoms with Crippen molar-refractivity contribution in [1.29, 1.82) is 0 Å². The van der Waals surface area contributed by atoms with Crippen LogP contribution in [0.2, 0.25) is 0 Å². The average Bonchev–Trinajstić information content (AvgIpc) is 2.86. The standard InChI is InChI=1S/C8H11N6/c1(6-13-8-5-9-12-13)2-7-14-10-3-4-11-14/h2-5,8H,1,6-7H2. The minimum Gasteiger partial charge on any atom is -0.253 e. The van der Waals surface area contributed by atoms with Gasteiger partial charge in [-0.2, -0.15) is 15.0 Å². The molecule has 0 aliphatic heterocycles. The maximum absolute atomic E-state index is 3.99. The molecule has 0 unspecified atom stereocenters. The highest BCUT2D eigenvalue weighted by Crippen LogP contribution is 1.93. The third-order valence-electron chi connectivity index (χ3n) is 1.79. The van der Waals surface area contributed by atoms with E-state index in [4.69, 9.17) is 0 Å². The highest BCUT2D eigenvalue weighted by molar-refractivity contribution is 4.69. The molecule has 2 aromatic rings. The lowest BCUT2D eigenvalue weighted by Gasteiger charge is -1.99. The van der Waals surface area contributed by atoms with E-state index >= 15 is 0 Å². The third-order valence-corrected chi connectivity index (χ3v) is 1.79. The van der Waals surface area contributed by atoms with Crippen molar-refractivity contribution < 1.29 is 0 Å². The molecule has 2 heterocycles. The van der Waals surface area contributed by atoms with Gasteiger partial charge in [0.1, 0.15) is 0 Å². The van der Waals surface area contributed by atoms with E-state index in [2.05, 4.69) is 26.9 Å². The first kappa shape index (κ1) is 8.86. The molecule has 14 heavy (non-hydrogen) atoms. The smallest absolute Gasteiger partial charge is 0.0693 e. The van der Waals surface area contributed by atoms with Crippen molar-refractivity contribution in [2.24, 2.45) is 0 Å². The summed E-state index contributed by atoms with van der Waals surface area (Å²) in [4.78, 5) is 1.64. The topological polar surface area (TPSA) is 61.4 Å². The summed E-state index contributed by atoms with van der Waals surface area (Å²) in [7, 11) is 0. The molecule has 0 fully saturated rings. The predicted octanol–water partition coefficient (Wildman–Crippen LogP) is 0.164. The Kier molecular flexibility index (Phi) is 2.85. The third kappa shape index (κ3) is 2.38. The van der Waals surface area contributed by atoms with Crippen molar-refractivity contribution in [3.63, 3.8) is 0 Å². The SMILES string of the molecule is [CH](CCn1ccnn1)Cn1nccn1. The number of hydrogen-bond donors (Lipinski definition) is 0. The molecule has 2 rings (SSSR count). The largest absolute Gasteiger partial charge is 0.253 e. The van der Waals surface area contributed by atoms with E-state index in [0.29, 0.717) is 0 Å². The maximum atomic E-state index is 3.99. The fourth-order valence-corrected chi connectivity index (χ4v) is 1.12. The Bertz CT molecular complexity index is 302. The Morgan fingerprint density at radius 3 is 2.71 bits per heavy atom. The first-order valence-corrected chi connectivity index (χ1v) is 4.45. The zero-order valence-electron chi connectivity index (χ0n) is 7.69. The van der Waals surface area contributed by atoms with Crippen LogP contribution in [0.15, 0.2) is 24.8 Å². The average molecular weight is 191 g/mol. The van der Waals surface area contributed by atoms with Crippen molar-refractivity contribution in [2.45, 2.75) is 19.5 Å². The first-order chi connectivity index (χ1) is 6.95. The lowest BCUT2D eigenvalue weighted by Crippen LogP contribution is -2.05. The zero-order chi connectivity index (χ0) is 9.64. The monoisotopic (exact) mass is 191 g/mol. The van der Waals surface area contributed by atoms with Crippen LogP contribution in [0.25, 0.3) is 0 Å². The summed E-state index contributed by atoms with van der Waals surface area (Å²) in [5.74, 6) is 0. The molecule has 0 aliphatic rings. The Labute approximate surface area is 81.5 Å². The maximum Gasteiger partial charge on any atom is 0.0693 e. The Morgan fingerprint density at radius 2 is 2.00 bits per heavy atom. The molecule has 2 aromatic heterocycles. The minimum absolute atomic E-state index is 0.738. The van der Waals surface area contributed by atoms with Crippen molar-refractivity contribution in [1.82, 2.24) is 30.0 Å². The van der Waals surface area contributed by atoms with Crippen LogP contribution in [0.3, 0.4) is 0 Å². The molecular weight excluding hydrogens is 180 g/mol. The van der Waals surface area contributed by atoms with E-state index in [1.807, 2.05) is 6.20 Å². The second-order valence-electron chi connectivity index (χ2n) is 2.83. The van der Waals surface area contributed by atoms with E-state index in [0.717, 1.165) is 19.5 Å². The highest BCUT2D eigenvalue weighted by Gasteiger charge is 1.94. The highest BCUT2D eigenvalue weighted by atomic mass is 15.5. The molecule has 0 saturated carbocycles. The van der Waals surface area contributed by atoms with Crippen LogP contribution in [-0.2, 0) is 13.1 Å². The van der Waals surface area contributed by atoms with Gasteiger partial charge in [-0.15, -0.1) is 5.10 Å². The number of aromatic nitrogens is 6. The molecule has 0 saturated heterocycles. The lowest BCUT2D eigenvalue weighted by atomic mass is 10.3. The Balaban J connectivity index is 1.65. The van der Waals surface area contributed by atoms with Gasteiger partial charge in [0.05, 0.1) is 25.1 Å². The summed E-state index contributed by atoms with van der Waals surface area (Å²) in [5, 5.41) is 15.6. The number of hydrogen-bond acceptors (Lipinski definition) is 4. The molecule has 0 amide bonds. The second kappa shape index (κ2) is 4.50. The van der Waals surface area contributed by atoms with Crippen LogP contribution in [0.5, 0.6) is 0 Å². The Hall–Kier alpha value is -1.72. The Morgan fingerprint density at radius 1 is 1.14 bits per heavy atom. The van der Waals surface area contributed by atoms with Gasteiger partial charge in [0, 0.05) is 12.7 Å². The normalized spacial score (nSPS) is 10.6. The van der Waals surface area contributed by atoms with Gasteiger partial charge in [0.25, 0.3) is 0 Å². The molecule has 6 heteroatoms. The van der Waals surface area contributed by atoms with Gasteiger partial charge >= 0.3 is 0 Å². The van der Waals surface area contributed by atoms with Crippen LogP contribution in [0, 0.1) is 6.42 Å². The predicted molar refractivity (Wildman–Crippen MR) is 49.0 cm³/mol. The molecule has 73 valence electrons. The van der Waals surface area contributed by atoms with Crippen molar-refractivity contribution in [3.05, 3.63) is 31.2 Å². The van der Waals surface area contributed by atoms with Gasteiger partial charge in [0.15, 0.2) is 0 Å². The molecule has 0 aliphatic carbocycles. The van der Waals surface area contributed by atoms with E-state index in [1.54, 1.807) is 28.1 Å². The molecule has 0 aromatic carbocycles. The van der Waals surface area contributed by atoms with E-state index in [-0.39, 0.29) is 0 Å². The second-order valence-corrected chi connectivity index (χ2v) is 2.83.